The summed E-state index contributed by atoms with van der Waals surface area (Å²) in [7, 11) is 0. The third-order valence-electron chi connectivity index (χ3n) is 4.51. The van der Waals surface area contributed by atoms with Crippen LogP contribution in [0.2, 0.25) is 0 Å². The predicted octanol–water partition coefficient (Wildman–Crippen LogP) is -0.115. The zero-order valence-corrected chi connectivity index (χ0v) is 22.5. The summed E-state index contributed by atoms with van der Waals surface area (Å²) in [5, 5.41) is 16.8. The molecule has 13 heteroatoms. The van der Waals surface area contributed by atoms with Gasteiger partial charge in [0.2, 0.25) is 17.7 Å². The van der Waals surface area contributed by atoms with Crippen molar-refractivity contribution in [3.63, 3.8) is 0 Å². The van der Waals surface area contributed by atoms with E-state index in [0.717, 1.165) is 0 Å². The van der Waals surface area contributed by atoms with Crippen LogP contribution < -0.4 is 21.7 Å². The van der Waals surface area contributed by atoms with Crippen LogP contribution in [0.25, 0.3) is 0 Å². The van der Waals surface area contributed by atoms with Crippen LogP contribution in [-0.2, 0) is 40.0 Å². The number of aliphatic hydroxyl groups excluding tert-OH is 1. The SMILES string of the molecule is CC(C)(C)OC[C@H](NC(=O)[C@@H](NC(=O)CNC(=O)OC(C)(C)C)[C@H](O)C(N)=O)C(=O)OCc1ccccc1. The maximum absolute atomic E-state index is 13.0. The molecule has 1 rings (SSSR count). The Bertz CT molecular complexity index is 971. The minimum Gasteiger partial charge on any atom is -0.459 e. The number of benzene rings is 1. The van der Waals surface area contributed by atoms with Gasteiger partial charge in [0.1, 0.15) is 24.8 Å². The number of carbonyl (C=O) groups excluding carboxylic acids is 5. The van der Waals surface area contributed by atoms with Crippen molar-refractivity contribution >= 4 is 29.8 Å². The molecule has 38 heavy (non-hydrogen) atoms. The first-order valence-electron chi connectivity index (χ1n) is 11.9. The summed E-state index contributed by atoms with van der Waals surface area (Å²) in [6.45, 7) is 9.05. The molecule has 3 atom stereocenters. The number of primary amides is 1. The number of amides is 4. The molecule has 0 saturated carbocycles. The molecule has 4 amide bonds. The zero-order valence-electron chi connectivity index (χ0n) is 22.5. The van der Waals surface area contributed by atoms with E-state index in [1.807, 2.05) is 0 Å². The Morgan fingerprint density at radius 3 is 2.08 bits per heavy atom. The molecule has 0 unspecified atom stereocenters. The Hall–Kier alpha value is -3.71. The minimum absolute atomic E-state index is 0.0814. The Labute approximate surface area is 221 Å². The van der Waals surface area contributed by atoms with Crippen LogP contribution in [0.4, 0.5) is 4.79 Å². The highest BCUT2D eigenvalue weighted by Gasteiger charge is 2.35. The van der Waals surface area contributed by atoms with Crippen molar-refractivity contribution in [1.82, 2.24) is 16.0 Å². The Balaban J connectivity index is 2.95. The lowest BCUT2D eigenvalue weighted by Gasteiger charge is -2.27. The van der Waals surface area contributed by atoms with Gasteiger partial charge in [0, 0.05) is 0 Å². The molecule has 1 aromatic carbocycles. The Kier molecular flexibility index (Phi) is 12.2. The van der Waals surface area contributed by atoms with E-state index in [1.54, 1.807) is 71.9 Å². The summed E-state index contributed by atoms with van der Waals surface area (Å²) in [6, 6.07) is 5.57. The maximum atomic E-state index is 13.0. The molecule has 0 bridgehead atoms. The monoisotopic (exact) mass is 538 g/mol. The highest BCUT2D eigenvalue weighted by molar-refractivity contribution is 5.96. The van der Waals surface area contributed by atoms with Gasteiger partial charge < -0.3 is 41.0 Å². The molecule has 0 aliphatic carbocycles. The molecule has 13 nitrogen and oxygen atoms in total. The van der Waals surface area contributed by atoms with Crippen LogP contribution in [-0.4, -0.2) is 77.4 Å². The average molecular weight is 539 g/mol. The van der Waals surface area contributed by atoms with Crippen LogP contribution in [0.1, 0.15) is 47.1 Å². The van der Waals surface area contributed by atoms with Crippen molar-refractivity contribution in [3.05, 3.63) is 35.9 Å². The molecular formula is C25H38N4O9. The first-order valence-corrected chi connectivity index (χ1v) is 11.9. The van der Waals surface area contributed by atoms with Gasteiger partial charge in [-0.25, -0.2) is 9.59 Å². The van der Waals surface area contributed by atoms with Gasteiger partial charge in [-0.15, -0.1) is 0 Å². The number of hydrogen-bond donors (Lipinski definition) is 5. The lowest BCUT2D eigenvalue weighted by atomic mass is 10.1. The number of ether oxygens (including phenoxy) is 3. The van der Waals surface area contributed by atoms with E-state index in [-0.39, 0.29) is 13.2 Å². The van der Waals surface area contributed by atoms with Crippen molar-refractivity contribution in [3.8, 4) is 0 Å². The lowest BCUT2D eigenvalue weighted by molar-refractivity contribution is -0.153. The van der Waals surface area contributed by atoms with Crippen molar-refractivity contribution in [2.24, 2.45) is 5.73 Å². The maximum Gasteiger partial charge on any atom is 0.408 e. The number of hydrogen-bond acceptors (Lipinski definition) is 9. The zero-order chi connectivity index (χ0) is 29.1. The number of aliphatic hydroxyl groups is 1. The summed E-state index contributed by atoms with van der Waals surface area (Å²) >= 11 is 0. The molecule has 0 spiro atoms. The Morgan fingerprint density at radius 1 is 0.947 bits per heavy atom. The molecule has 1 aromatic rings. The van der Waals surface area contributed by atoms with Gasteiger partial charge in [-0.2, -0.15) is 0 Å². The topological polar surface area (TPSA) is 195 Å². The summed E-state index contributed by atoms with van der Waals surface area (Å²) in [5.74, 6) is -4.21. The second-order valence-electron chi connectivity index (χ2n) is 10.3. The second-order valence-corrected chi connectivity index (χ2v) is 10.3. The number of nitrogens with one attached hydrogen (secondary N) is 3. The van der Waals surface area contributed by atoms with E-state index < -0.39 is 65.7 Å². The van der Waals surface area contributed by atoms with E-state index in [0.29, 0.717) is 5.56 Å². The fourth-order valence-electron chi connectivity index (χ4n) is 2.74. The molecule has 6 N–H and O–H groups in total. The number of alkyl carbamates (subject to hydrolysis) is 1. The number of rotatable bonds is 12. The van der Waals surface area contributed by atoms with E-state index in [9.17, 15) is 29.1 Å². The molecule has 0 aliphatic rings. The van der Waals surface area contributed by atoms with Gasteiger partial charge >= 0.3 is 12.1 Å². The molecule has 212 valence electrons. The molecule has 0 aliphatic heterocycles. The van der Waals surface area contributed by atoms with E-state index in [2.05, 4.69) is 16.0 Å². The minimum atomic E-state index is -2.15. The van der Waals surface area contributed by atoms with Gasteiger partial charge in [0.15, 0.2) is 12.1 Å². The van der Waals surface area contributed by atoms with Gasteiger partial charge in [-0.3, -0.25) is 14.4 Å². The van der Waals surface area contributed by atoms with Crippen molar-refractivity contribution < 1.29 is 43.3 Å². The molecule has 0 aromatic heterocycles. The fraction of sp³-hybridized carbons (Fsp3) is 0.560. The van der Waals surface area contributed by atoms with E-state index in [1.165, 1.54) is 0 Å². The fourth-order valence-corrected chi connectivity index (χ4v) is 2.74. The standard InChI is InChI=1S/C25H38N4O9/c1-24(2,3)37-14-16(22(34)36-13-15-10-8-7-9-11-15)28-21(33)18(19(31)20(26)32)29-17(30)12-27-23(35)38-25(4,5)6/h7-11,16,18-19,31H,12-14H2,1-6H3,(H2,26,32)(H,27,35)(H,28,33)(H,29,30)/t16-,18-,19-/m0/s1. The van der Waals surface area contributed by atoms with E-state index >= 15 is 0 Å². The van der Waals surface area contributed by atoms with Crippen molar-refractivity contribution in [1.29, 1.82) is 0 Å². The Morgan fingerprint density at radius 2 is 1.55 bits per heavy atom. The van der Waals surface area contributed by atoms with Crippen LogP contribution in [0.3, 0.4) is 0 Å². The number of carbonyl (C=O) groups is 5. The molecule has 0 fully saturated rings. The van der Waals surface area contributed by atoms with Crippen LogP contribution in [0.15, 0.2) is 30.3 Å². The summed E-state index contributed by atoms with van der Waals surface area (Å²) in [5.41, 5.74) is 4.34. The van der Waals surface area contributed by atoms with Crippen molar-refractivity contribution in [2.75, 3.05) is 13.2 Å². The summed E-state index contributed by atoms with van der Waals surface area (Å²) in [4.78, 5) is 61.5. The molecule has 0 heterocycles. The smallest absolute Gasteiger partial charge is 0.408 e. The molecule has 0 radical (unpaired) electrons. The third kappa shape index (κ3) is 13.0. The second kappa shape index (κ2) is 14.3. The van der Waals surface area contributed by atoms with E-state index in [4.69, 9.17) is 19.9 Å². The number of esters is 1. The molecule has 0 saturated heterocycles. The van der Waals surface area contributed by atoms with Crippen LogP contribution in [0.5, 0.6) is 0 Å². The average Bonchev–Trinajstić information content (AvgIpc) is 2.80. The van der Waals surface area contributed by atoms with Gasteiger partial charge in [-0.1, -0.05) is 30.3 Å². The largest absolute Gasteiger partial charge is 0.459 e. The van der Waals surface area contributed by atoms with Crippen molar-refractivity contribution in [2.45, 2.75) is 77.5 Å². The number of nitrogens with two attached hydrogens (primary N) is 1. The first-order chi connectivity index (χ1) is 17.5. The first kappa shape index (κ1) is 32.3. The highest BCUT2D eigenvalue weighted by Crippen LogP contribution is 2.10. The van der Waals surface area contributed by atoms with Gasteiger partial charge in [-0.05, 0) is 47.1 Å². The quantitative estimate of drug-likeness (QED) is 0.225. The van der Waals surface area contributed by atoms with Gasteiger partial charge in [0.05, 0.1) is 12.2 Å². The normalized spacial score (nSPS) is 13.9. The third-order valence-corrected chi connectivity index (χ3v) is 4.51. The van der Waals surface area contributed by atoms with Crippen LogP contribution >= 0.6 is 0 Å². The summed E-state index contributed by atoms with van der Waals surface area (Å²) < 4.78 is 15.9. The molecular weight excluding hydrogens is 500 g/mol. The van der Waals surface area contributed by atoms with Gasteiger partial charge in [0.25, 0.3) is 0 Å². The highest BCUT2D eigenvalue weighted by atomic mass is 16.6. The predicted molar refractivity (Wildman–Crippen MR) is 135 cm³/mol. The summed E-state index contributed by atoms with van der Waals surface area (Å²) in [6.07, 6.45) is -3.05. The lowest BCUT2D eigenvalue weighted by Crippen LogP contribution is -2.61. The van der Waals surface area contributed by atoms with Crippen LogP contribution in [0, 0.1) is 0 Å².